The van der Waals surface area contributed by atoms with Gasteiger partial charge in [-0.3, -0.25) is 4.79 Å². The first kappa shape index (κ1) is 18.1. The smallest absolute Gasteiger partial charge is 0.261 e. The zero-order valence-electron chi connectivity index (χ0n) is 15.2. The van der Waals surface area contributed by atoms with E-state index in [1.807, 2.05) is 32.0 Å². The minimum absolute atomic E-state index is 0.00255. The van der Waals surface area contributed by atoms with Gasteiger partial charge in [0.25, 0.3) is 5.91 Å². The summed E-state index contributed by atoms with van der Waals surface area (Å²) in [5, 5.41) is 3.09. The van der Waals surface area contributed by atoms with Crippen molar-refractivity contribution in [3.05, 3.63) is 64.7 Å². The van der Waals surface area contributed by atoms with Gasteiger partial charge in [-0.1, -0.05) is 48.9 Å². The monoisotopic (exact) mass is 325 g/mol. The molecule has 3 heteroatoms. The zero-order chi connectivity index (χ0) is 17.7. The van der Waals surface area contributed by atoms with E-state index in [1.165, 1.54) is 5.56 Å². The van der Waals surface area contributed by atoms with Crippen LogP contribution in [0.25, 0.3) is 0 Å². The highest BCUT2D eigenvalue weighted by Gasteiger charge is 2.20. The molecule has 0 saturated carbocycles. The first-order chi connectivity index (χ1) is 11.4. The molecule has 2 atom stereocenters. The summed E-state index contributed by atoms with van der Waals surface area (Å²) in [6.45, 7) is 9.92. The molecule has 0 spiro atoms. The summed E-state index contributed by atoms with van der Waals surface area (Å²) >= 11 is 0. The molecule has 0 aliphatic rings. The molecule has 128 valence electrons. The molecule has 1 N–H and O–H groups in total. The third kappa shape index (κ3) is 4.60. The van der Waals surface area contributed by atoms with Gasteiger partial charge in [0.1, 0.15) is 5.75 Å². The van der Waals surface area contributed by atoms with Gasteiger partial charge in [0.05, 0.1) is 6.04 Å². The Morgan fingerprint density at radius 3 is 2.29 bits per heavy atom. The first-order valence-corrected chi connectivity index (χ1v) is 8.51. The molecule has 0 radical (unpaired) electrons. The van der Waals surface area contributed by atoms with Gasteiger partial charge in [0.15, 0.2) is 6.10 Å². The predicted molar refractivity (Wildman–Crippen MR) is 98.4 cm³/mol. The molecule has 0 aromatic heterocycles. The second-order valence-corrected chi connectivity index (χ2v) is 6.41. The van der Waals surface area contributed by atoms with E-state index < -0.39 is 6.10 Å². The summed E-state index contributed by atoms with van der Waals surface area (Å²) in [6, 6.07) is 14.3. The van der Waals surface area contributed by atoms with Crippen molar-refractivity contribution >= 4 is 5.91 Å². The fourth-order valence-electron chi connectivity index (χ4n) is 2.59. The molecule has 0 heterocycles. The summed E-state index contributed by atoms with van der Waals surface area (Å²) in [6.07, 6.45) is 0.301. The lowest BCUT2D eigenvalue weighted by Crippen LogP contribution is -2.38. The van der Waals surface area contributed by atoms with Crippen LogP contribution in [0.1, 0.15) is 48.6 Å². The molecular weight excluding hydrogens is 298 g/mol. The van der Waals surface area contributed by atoms with Crippen LogP contribution in [0, 0.1) is 20.8 Å². The van der Waals surface area contributed by atoms with E-state index >= 15 is 0 Å². The number of hydrogen-bond donors (Lipinski definition) is 1. The van der Waals surface area contributed by atoms with E-state index in [9.17, 15) is 4.79 Å². The lowest BCUT2D eigenvalue weighted by atomic mass is 10.0. The number of ether oxygens (including phenoxy) is 1. The van der Waals surface area contributed by atoms with Crippen LogP contribution in [-0.4, -0.2) is 12.0 Å². The van der Waals surface area contributed by atoms with E-state index in [2.05, 4.69) is 43.4 Å². The topological polar surface area (TPSA) is 38.3 Å². The minimum Gasteiger partial charge on any atom is -0.481 e. The molecule has 2 aromatic carbocycles. The fraction of sp³-hybridized carbons (Fsp3) is 0.381. The highest BCUT2D eigenvalue weighted by Crippen LogP contribution is 2.21. The molecule has 3 nitrogen and oxygen atoms in total. The molecule has 2 aromatic rings. The third-order valence-corrected chi connectivity index (χ3v) is 4.22. The van der Waals surface area contributed by atoms with Crippen molar-refractivity contribution in [1.29, 1.82) is 0 Å². The molecule has 0 bridgehead atoms. The van der Waals surface area contributed by atoms with Crippen LogP contribution in [0.3, 0.4) is 0 Å². The van der Waals surface area contributed by atoms with Crippen molar-refractivity contribution in [2.24, 2.45) is 0 Å². The van der Waals surface area contributed by atoms with Crippen LogP contribution in [0.5, 0.6) is 5.75 Å². The average molecular weight is 325 g/mol. The Kier molecular flexibility index (Phi) is 6.02. The van der Waals surface area contributed by atoms with Crippen LogP contribution in [0.2, 0.25) is 0 Å². The molecule has 0 fully saturated rings. The van der Waals surface area contributed by atoms with Crippen molar-refractivity contribution in [3.8, 4) is 5.75 Å². The lowest BCUT2D eigenvalue weighted by molar-refractivity contribution is -0.128. The minimum atomic E-state index is -0.537. The summed E-state index contributed by atoms with van der Waals surface area (Å²) in [5.41, 5.74) is 4.49. The number of amides is 1. The Hall–Kier alpha value is -2.29. The number of carbonyl (C=O) groups excluding carboxylic acids is 1. The van der Waals surface area contributed by atoms with Gasteiger partial charge in [0, 0.05) is 0 Å². The summed E-state index contributed by atoms with van der Waals surface area (Å²) in [4.78, 5) is 12.5. The van der Waals surface area contributed by atoms with Crippen molar-refractivity contribution in [2.75, 3.05) is 0 Å². The molecule has 1 amide bonds. The number of carbonyl (C=O) groups is 1. The molecule has 0 aliphatic carbocycles. The van der Waals surface area contributed by atoms with Crippen LogP contribution >= 0.6 is 0 Å². The highest BCUT2D eigenvalue weighted by atomic mass is 16.5. The van der Waals surface area contributed by atoms with Crippen LogP contribution < -0.4 is 10.1 Å². The van der Waals surface area contributed by atoms with Crippen molar-refractivity contribution in [1.82, 2.24) is 5.32 Å². The van der Waals surface area contributed by atoms with E-state index in [1.54, 1.807) is 6.92 Å². The number of aryl methyl sites for hydroxylation is 3. The van der Waals surface area contributed by atoms with E-state index in [4.69, 9.17) is 4.74 Å². The van der Waals surface area contributed by atoms with Crippen LogP contribution in [0.4, 0.5) is 0 Å². The molecular formula is C21H27NO2. The van der Waals surface area contributed by atoms with Crippen molar-refractivity contribution < 1.29 is 9.53 Å². The zero-order valence-corrected chi connectivity index (χ0v) is 15.2. The highest BCUT2D eigenvalue weighted by molar-refractivity contribution is 5.81. The number of benzene rings is 2. The molecule has 0 saturated heterocycles. The maximum Gasteiger partial charge on any atom is 0.261 e. The Morgan fingerprint density at radius 2 is 1.67 bits per heavy atom. The number of hydrogen-bond acceptors (Lipinski definition) is 2. The molecule has 2 rings (SSSR count). The Morgan fingerprint density at radius 1 is 1.04 bits per heavy atom. The molecule has 0 unspecified atom stereocenters. The van der Waals surface area contributed by atoms with Gasteiger partial charge in [-0.15, -0.1) is 0 Å². The maximum atomic E-state index is 12.5. The largest absolute Gasteiger partial charge is 0.481 e. The van der Waals surface area contributed by atoms with E-state index in [0.29, 0.717) is 0 Å². The van der Waals surface area contributed by atoms with Gasteiger partial charge in [-0.2, -0.15) is 0 Å². The van der Waals surface area contributed by atoms with Gasteiger partial charge in [0.2, 0.25) is 0 Å². The second-order valence-electron chi connectivity index (χ2n) is 6.41. The van der Waals surface area contributed by atoms with Gasteiger partial charge in [-0.05, 0) is 56.9 Å². The summed E-state index contributed by atoms with van der Waals surface area (Å²) in [5.74, 6) is 0.671. The van der Waals surface area contributed by atoms with E-state index in [-0.39, 0.29) is 11.9 Å². The SMILES string of the molecule is CC[C@H](NC(=O)[C@@H](C)Oc1cc(C)ccc1C)c1ccc(C)cc1. The van der Waals surface area contributed by atoms with Crippen LogP contribution in [0.15, 0.2) is 42.5 Å². The summed E-state index contributed by atoms with van der Waals surface area (Å²) in [7, 11) is 0. The second kappa shape index (κ2) is 8.00. The molecule has 24 heavy (non-hydrogen) atoms. The first-order valence-electron chi connectivity index (χ1n) is 8.51. The standard InChI is InChI=1S/C21H27NO2/c1-6-19(18-11-8-14(2)9-12-18)22-21(23)17(5)24-20-13-15(3)7-10-16(20)4/h7-13,17,19H,6H2,1-5H3,(H,22,23)/t17-,19+/m1/s1. The Bertz CT molecular complexity index is 691. The maximum absolute atomic E-state index is 12.5. The lowest BCUT2D eigenvalue weighted by Gasteiger charge is -2.22. The summed E-state index contributed by atoms with van der Waals surface area (Å²) < 4.78 is 5.88. The van der Waals surface area contributed by atoms with Gasteiger partial charge < -0.3 is 10.1 Å². The van der Waals surface area contributed by atoms with Crippen molar-refractivity contribution in [3.63, 3.8) is 0 Å². The quantitative estimate of drug-likeness (QED) is 0.840. The Labute approximate surface area is 145 Å². The average Bonchev–Trinajstić information content (AvgIpc) is 2.56. The van der Waals surface area contributed by atoms with Gasteiger partial charge >= 0.3 is 0 Å². The predicted octanol–water partition coefficient (Wildman–Crippen LogP) is 4.65. The van der Waals surface area contributed by atoms with E-state index in [0.717, 1.165) is 28.9 Å². The molecule has 0 aliphatic heterocycles. The van der Waals surface area contributed by atoms with Crippen molar-refractivity contribution in [2.45, 2.75) is 53.2 Å². The third-order valence-electron chi connectivity index (χ3n) is 4.22. The normalized spacial score (nSPS) is 13.2. The fourth-order valence-corrected chi connectivity index (χ4v) is 2.59. The number of rotatable bonds is 6. The van der Waals surface area contributed by atoms with Crippen LogP contribution in [-0.2, 0) is 4.79 Å². The number of nitrogens with one attached hydrogen (secondary N) is 1. The Balaban J connectivity index is 2.04. The van der Waals surface area contributed by atoms with Gasteiger partial charge in [-0.25, -0.2) is 0 Å².